The Kier molecular flexibility index (Phi) is 5.12. The zero-order valence-electron chi connectivity index (χ0n) is 15.3. The third kappa shape index (κ3) is 3.91. The minimum atomic E-state index is -0.337. The van der Waals surface area contributed by atoms with Crippen molar-refractivity contribution in [3.8, 4) is 5.75 Å². The second kappa shape index (κ2) is 7.85. The fourth-order valence-electron chi connectivity index (χ4n) is 2.98. The molecule has 0 unspecified atom stereocenters. The van der Waals surface area contributed by atoms with E-state index in [1.165, 1.54) is 17.6 Å². The van der Waals surface area contributed by atoms with E-state index in [9.17, 15) is 9.59 Å². The number of carbonyl (C=O) groups is 2. The molecule has 28 heavy (non-hydrogen) atoms. The molecule has 0 radical (unpaired) electrons. The van der Waals surface area contributed by atoms with Gasteiger partial charge in [-0.25, -0.2) is 4.98 Å². The van der Waals surface area contributed by atoms with E-state index in [4.69, 9.17) is 9.15 Å². The fourth-order valence-corrected chi connectivity index (χ4v) is 4.00. The number of rotatable bonds is 5. The van der Waals surface area contributed by atoms with Gasteiger partial charge in [-0.15, -0.1) is 0 Å². The van der Waals surface area contributed by atoms with E-state index in [-0.39, 0.29) is 24.2 Å². The first-order chi connectivity index (χ1) is 13.6. The van der Waals surface area contributed by atoms with Gasteiger partial charge in [-0.05, 0) is 30.7 Å². The number of anilines is 1. The average Bonchev–Trinajstić information content (AvgIpc) is 3.36. The SMILES string of the molecule is Cc1ccccc1OCC(=O)N1CCc2nc(NC(=O)c3ccco3)sc2C1. The van der Waals surface area contributed by atoms with E-state index < -0.39 is 0 Å². The lowest BCUT2D eigenvalue weighted by atomic mass is 10.2. The van der Waals surface area contributed by atoms with Gasteiger partial charge in [0.25, 0.3) is 11.8 Å². The molecule has 1 aromatic carbocycles. The summed E-state index contributed by atoms with van der Waals surface area (Å²) in [5.74, 6) is 0.548. The first-order valence-corrected chi connectivity index (χ1v) is 9.71. The molecular formula is C20H19N3O4S. The summed E-state index contributed by atoms with van der Waals surface area (Å²) in [5.41, 5.74) is 1.92. The Hall–Kier alpha value is -3.13. The van der Waals surface area contributed by atoms with E-state index in [0.717, 1.165) is 16.1 Å². The van der Waals surface area contributed by atoms with Crippen LogP contribution < -0.4 is 10.1 Å². The van der Waals surface area contributed by atoms with Crippen LogP contribution >= 0.6 is 11.3 Å². The molecule has 144 valence electrons. The Bertz CT molecular complexity index is 997. The number of fused-ring (bicyclic) bond motifs is 1. The topological polar surface area (TPSA) is 84.7 Å². The predicted molar refractivity (Wildman–Crippen MR) is 105 cm³/mol. The van der Waals surface area contributed by atoms with E-state index in [1.807, 2.05) is 31.2 Å². The minimum Gasteiger partial charge on any atom is -0.484 e. The number of furan rings is 1. The van der Waals surface area contributed by atoms with Crippen molar-refractivity contribution >= 4 is 28.3 Å². The second-order valence-electron chi connectivity index (χ2n) is 6.44. The molecule has 3 heterocycles. The first-order valence-electron chi connectivity index (χ1n) is 8.90. The number of benzene rings is 1. The number of hydrogen-bond acceptors (Lipinski definition) is 6. The number of ether oxygens (including phenoxy) is 1. The normalized spacial score (nSPS) is 13.1. The van der Waals surface area contributed by atoms with Crippen LogP contribution in [0.25, 0.3) is 0 Å². The van der Waals surface area contributed by atoms with Gasteiger partial charge in [0.05, 0.1) is 18.5 Å². The average molecular weight is 397 g/mol. The van der Waals surface area contributed by atoms with Gasteiger partial charge in [0, 0.05) is 17.8 Å². The van der Waals surface area contributed by atoms with Crippen LogP contribution in [0.2, 0.25) is 0 Å². The van der Waals surface area contributed by atoms with Crippen LogP contribution in [0.1, 0.15) is 26.7 Å². The standard InChI is InChI=1S/C20H19N3O4S/c1-13-5-2-3-6-15(13)27-12-18(24)23-9-8-14-17(11-23)28-20(21-14)22-19(25)16-7-4-10-26-16/h2-7,10H,8-9,11-12H2,1H3,(H,21,22,25). The van der Waals surface area contributed by atoms with Crippen molar-refractivity contribution in [3.05, 3.63) is 64.6 Å². The van der Waals surface area contributed by atoms with E-state index in [2.05, 4.69) is 10.3 Å². The van der Waals surface area contributed by atoms with Crippen molar-refractivity contribution in [2.24, 2.45) is 0 Å². The maximum absolute atomic E-state index is 12.5. The molecule has 3 aromatic rings. The van der Waals surface area contributed by atoms with Crippen molar-refractivity contribution in [1.82, 2.24) is 9.88 Å². The lowest BCUT2D eigenvalue weighted by Crippen LogP contribution is -2.38. The zero-order chi connectivity index (χ0) is 19.5. The van der Waals surface area contributed by atoms with Crippen molar-refractivity contribution in [2.75, 3.05) is 18.5 Å². The monoisotopic (exact) mass is 397 g/mol. The summed E-state index contributed by atoms with van der Waals surface area (Å²) in [6, 6.07) is 10.9. The number of carbonyl (C=O) groups excluding carboxylic acids is 2. The number of para-hydroxylation sites is 1. The summed E-state index contributed by atoms with van der Waals surface area (Å²) in [7, 11) is 0. The highest BCUT2D eigenvalue weighted by molar-refractivity contribution is 7.15. The number of aryl methyl sites for hydroxylation is 1. The highest BCUT2D eigenvalue weighted by Gasteiger charge is 2.25. The van der Waals surface area contributed by atoms with Crippen LogP contribution in [0.5, 0.6) is 5.75 Å². The van der Waals surface area contributed by atoms with Gasteiger partial charge in [-0.2, -0.15) is 0 Å². The number of nitrogens with zero attached hydrogens (tertiary/aromatic N) is 2. The fraction of sp³-hybridized carbons (Fsp3) is 0.250. The van der Waals surface area contributed by atoms with Crippen LogP contribution in [0, 0.1) is 6.92 Å². The van der Waals surface area contributed by atoms with Crippen molar-refractivity contribution in [1.29, 1.82) is 0 Å². The first kappa shape index (κ1) is 18.2. The number of hydrogen-bond donors (Lipinski definition) is 1. The van der Waals surface area contributed by atoms with Gasteiger partial charge in [0.15, 0.2) is 17.5 Å². The summed E-state index contributed by atoms with van der Waals surface area (Å²) < 4.78 is 10.8. The van der Waals surface area contributed by atoms with Crippen LogP contribution in [-0.4, -0.2) is 34.8 Å². The summed E-state index contributed by atoms with van der Waals surface area (Å²) >= 11 is 1.38. The third-order valence-electron chi connectivity index (χ3n) is 4.49. The lowest BCUT2D eigenvalue weighted by Gasteiger charge is -2.26. The summed E-state index contributed by atoms with van der Waals surface area (Å²) in [6.07, 6.45) is 2.10. The quantitative estimate of drug-likeness (QED) is 0.714. The van der Waals surface area contributed by atoms with Gasteiger partial charge < -0.3 is 14.1 Å². The molecular weight excluding hydrogens is 378 g/mol. The Morgan fingerprint density at radius 2 is 2.14 bits per heavy atom. The van der Waals surface area contributed by atoms with Gasteiger partial charge >= 0.3 is 0 Å². The maximum Gasteiger partial charge on any atom is 0.293 e. The molecule has 0 atom stereocenters. The molecule has 1 N–H and O–H groups in total. The molecule has 0 bridgehead atoms. The van der Waals surface area contributed by atoms with Crippen molar-refractivity contribution in [2.45, 2.75) is 19.9 Å². The Morgan fingerprint density at radius 3 is 2.93 bits per heavy atom. The van der Waals surface area contributed by atoms with Crippen molar-refractivity contribution < 1.29 is 18.7 Å². The zero-order valence-corrected chi connectivity index (χ0v) is 16.1. The molecule has 0 fully saturated rings. The summed E-state index contributed by atoms with van der Waals surface area (Å²) in [6.45, 7) is 3.00. The molecule has 0 aliphatic carbocycles. The predicted octanol–water partition coefficient (Wildman–Crippen LogP) is 3.26. The highest BCUT2D eigenvalue weighted by atomic mass is 32.1. The molecule has 0 saturated carbocycles. The van der Waals surface area contributed by atoms with Crippen LogP contribution in [0.3, 0.4) is 0 Å². The van der Waals surface area contributed by atoms with Crippen LogP contribution in [0.4, 0.5) is 5.13 Å². The number of amides is 2. The molecule has 1 aliphatic heterocycles. The number of nitrogens with one attached hydrogen (secondary N) is 1. The van der Waals surface area contributed by atoms with Gasteiger partial charge in [-0.3, -0.25) is 14.9 Å². The Morgan fingerprint density at radius 1 is 1.29 bits per heavy atom. The summed E-state index contributed by atoms with van der Waals surface area (Å²) in [4.78, 5) is 31.8. The Labute approximate surface area is 165 Å². The maximum atomic E-state index is 12.5. The second-order valence-corrected chi connectivity index (χ2v) is 7.52. The van der Waals surface area contributed by atoms with E-state index in [0.29, 0.717) is 30.4 Å². The van der Waals surface area contributed by atoms with Gasteiger partial charge in [-0.1, -0.05) is 29.5 Å². The van der Waals surface area contributed by atoms with Gasteiger partial charge in [0.1, 0.15) is 5.75 Å². The molecule has 1 aliphatic rings. The van der Waals surface area contributed by atoms with E-state index in [1.54, 1.807) is 17.0 Å². The van der Waals surface area contributed by atoms with Crippen LogP contribution in [0.15, 0.2) is 47.1 Å². The smallest absolute Gasteiger partial charge is 0.293 e. The molecule has 0 saturated heterocycles. The van der Waals surface area contributed by atoms with Crippen LogP contribution in [-0.2, 0) is 17.8 Å². The highest BCUT2D eigenvalue weighted by Crippen LogP contribution is 2.29. The molecule has 2 amide bonds. The third-order valence-corrected chi connectivity index (χ3v) is 5.49. The van der Waals surface area contributed by atoms with Gasteiger partial charge in [0.2, 0.25) is 0 Å². The van der Waals surface area contributed by atoms with Crippen molar-refractivity contribution in [3.63, 3.8) is 0 Å². The molecule has 7 nitrogen and oxygen atoms in total. The molecule has 4 rings (SSSR count). The largest absolute Gasteiger partial charge is 0.484 e. The number of thiazole rings is 1. The van der Waals surface area contributed by atoms with E-state index >= 15 is 0 Å². The lowest BCUT2D eigenvalue weighted by molar-refractivity contribution is -0.134. The number of aromatic nitrogens is 1. The summed E-state index contributed by atoms with van der Waals surface area (Å²) in [5, 5.41) is 3.26. The molecule has 0 spiro atoms. The molecule has 8 heteroatoms. The Balaban J connectivity index is 1.36. The molecule has 2 aromatic heterocycles. The minimum absolute atomic E-state index is 0.00107.